The molecule has 6 nitrogen and oxygen atoms in total. The highest BCUT2D eigenvalue weighted by Crippen LogP contribution is 2.20. The van der Waals surface area contributed by atoms with Crippen LogP contribution in [0.2, 0.25) is 0 Å². The first-order chi connectivity index (χ1) is 7.07. The van der Waals surface area contributed by atoms with Crippen molar-refractivity contribution < 1.29 is 8.42 Å². The summed E-state index contributed by atoms with van der Waals surface area (Å²) < 4.78 is 26.6. The van der Waals surface area contributed by atoms with Gasteiger partial charge >= 0.3 is 0 Å². The Morgan fingerprint density at radius 1 is 1.33 bits per heavy atom. The molecule has 2 rings (SSSR count). The van der Waals surface area contributed by atoms with Gasteiger partial charge < -0.3 is 10.6 Å². The summed E-state index contributed by atoms with van der Waals surface area (Å²) in [6.45, 7) is 1.19. The summed E-state index contributed by atoms with van der Waals surface area (Å²) in [6.07, 6.45) is 0.641. The van der Waals surface area contributed by atoms with Gasteiger partial charge in [0, 0.05) is 24.6 Å². The molecule has 1 aromatic heterocycles. The molecule has 0 radical (unpaired) electrons. The number of anilines is 2. The minimum absolute atomic E-state index is 0.187. The number of nitrogens with two attached hydrogens (primary N) is 1. The number of hydrogen-bond acceptors (Lipinski definition) is 7. The third kappa shape index (κ3) is 2.57. The zero-order valence-electron chi connectivity index (χ0n) is 8.09. The van der Waals surface area contributed by atoms with Gasteiger partial charge in [0.15, 0.2) is 9.84 Å². The van der Waals surface area contributed by atoms with Gasteiger partial charge in [-0.05, 0) is 6.42 Å². The van der Waals surface area contributed by atoms with E-state index in [-0.39, 0.29) is 17.5 Å². The summed E-state index contributed by atoms with van der Waals surface area (Å²) in [5.41, 5.74) is 5.42. The van der Waals surface area contributed by atoms with Gasteiger partial charge in [-0.2, -0.15) is 9.36 Å². The molecular weight excluding hydrogens is 236 g/mol. The Morgan fingerprint density at radius 2 is 2.13 bits per heavy atom. The number of rotatable bonds is 1. The van der Waals surface area contributed by atoms with E-state index < -0.39 is 9.84 Å². The fourth-order valence-corrected chi connectivity index (χ4v) is 3.40. The number of aromatic nitrogens is 2. The van der Waals surface area contributed by atoms with Crippen LogP contribution >= 0.6 is 11.5 Å². The molecule has 1 aliphatic rings. The maximum absolute atomic E-state index is 11.4. The highest BCUT2D eigenvalue weighted by molar-refractivity contribution is 7.91. The molecule has 2 N–H and O–H groups in total. The molecule has 0 saturated carbocycles. The zero-order chi connectivity index (χ0) is 10.9. The average Bonchev–Trinajstić information content (AvgIpc) is 2.49. The Bertz CT molecular complexity index is 442. The lowest BCUT2D eigenvalue weighted by molar-refractivity contribution is 0.597. The van der Waals surface area contributed by atoms with Gasteiger partial charge in [-0.3, -0.25) is 0 Å². The van der Waals surface area contributed by atoms with Crippen molar-refractivity contribution in [3.63, 3.8) is 0 Å². The van der Waals surface area contributed by atoms with Gasteiger partial charge in [0.25, 0.3) is 0 Å². The summed E-state index contributed by atoms with van der Waals surface area (Å²) in [5.74, 6) is 0.701. The van der Waals surface area contributed by atoms with Crippen molar-refractivity contribution in [1.29, 1.82) is 0 Å². The van der Waals surface area contributed by atoms with Crippen molar-refractivity contribution in [3.8, 4) is 0 Å². The number of sulfone groups is 1. The predicted molar refractivity (Wildman–Crippen MR) is 59.8 cm³/mol. The highest BCUT2D eigenvalue weighted by atomic mass is 32.2. The van der Waals surface area contributed by atoms with Crippen LogP contribution in [0.5, 0.6) is 0 Å². The lowest BCUT2D eigenvalue weighted by atomic mass is 10.4. The molecule has 0 aromatic carbocycles. The molecule has 0 atom stereocenters. The first-order valence-electron chi connectivity index (χ1n) is 4.61. The third-order valence-corrected chi connectivity index (χ3v) is 4.76. The Labute approximate surface area is 92.2 Å². The average molecular weight is 248 g/mol. The maximum atomic E-state index is 11.4. The van der Waals surface area contributed by atoms with Gasteiger partial charge in [-0.25, -0.2) is 8.42 Å². The second kappa shape index (κ2) is 3.93. The first-order valence-corrected chi connectivity index (χ1v) is 7.21. The SMILES string of the molecule is Nc1nsc(N2CCCS(=O)(=O)CC2)n1. The lowest BCUT2D eigenvalue weighted by Gasteiger charge is -2.16. The quantitative estimate of drug-likeness (QED) is 0.737. The Balaban J connectivity index is 2.12. The van der Waals surface area contributed by atoms with Crippen molar-refractivity contribution in [3.05, 3.63) is 0 Å². The smallest absolute Gasteiger partial charge is 0.233 e. The van der Waals surface area contributed by atoms with Crippen LogP contribution in [-0.2, 0) is 9.84 Å². The third-order valence-electron chi connectivity index (χ3n) is 2.26. The summed E-state index contributed by atoms with van der Waals surface area (Å²) in [7, 11) is -2.87. The van der Waals surface area contributed by atoms with E-state index in [1.54, 1.807) is 0 Å². The summed E-state index contributed by atoms with van der Waals surface area (Å²) in [4.78, 5) is 5.97. The van der Waals surface area contributed by atoms with E-state index in [0.717, 1.165) is 0 Å². The molecule has 0 spiro atoms. The van der Waals surface area contributed by atoms with Gasteiger partial charge in [0.2, 0.25) is 11.1 Å². The van der Waals surface area contributed by atoms with Crippen LogP contribution < -0.4 is 10.6 Å². The van der Waals surface area contributed by atoms with Gasteiger partial charge in [-0.1, -0.05) is 0 Å². The van der Waals surface area contributed by atoms with Gasteiger partial charge in [0.05, 0.1) is 11.5 Å². The first kappa shape index (κ1) is 10.6. The van der Waals surface area contributed by atoms with Crippen molar-refractivity contribution >= 4 is 32.4 Å². The molecule has 15 heavy (non-hydrogen) atoms. The van der Waals surface area contributed by atoms with Crippen molar-refractivity contribution in [2.45, 2.75) is 6.42 Å². The topological polar surface area (TPSA) is 89.2 Å². The zero-order valence-corrected chi connectivity index (χ0v) is 9.72. The highest BCUT2D eigenvalue weighted by Gasteiger charge is 2.21. The maximum Gasteiger partial charge on any atom is 0.233 e. The van der Waals surface area contributed by atoms with Crippen LogP contribution in [0.3, 0.4) is 0 Å². The van der Waals surface area contributed by atoms with E-state index in [4.69, 9.17) is 5.73 Å². The minimum atomic E-state index is -2.87. The molecule has 0 amide bonds. The largest absolute Gasteiger partial charge is 0.367 e. The van der Waals surface area contributed by atoms with Gasteiger partial charge in [-0.15, -0.1) is 0 Å². The van der Waals surface area contributed by atoms with Crippen LogP contribution in [0.15, 0.2) is 0 Å². The number of hydrogen-bond donors (Lipinski definition) is 1. The minimum Gasteiger partial charge on any atom is -0.367 e. The summed E-state index contributed by atoms with van der Waals surface area (Å²) in [6, 6.07) is 0. The molecule has 1 aromatic rings. The van der Waals surface area contributed by atoms with Crippen molar-refractivity contribution in [2.75, 3.05) is 35.2 Å². The normalized spacial score (nSPS) is 21.2. The van der Waals surface area contributed by atoms with Crippen LogP contribution in [0.4, 0.5) is 11.1 Å². The second-order valence-electron chi connectivity index (χ2n) is 3.43. The monoisotopic (exact) mass is 248 g/mol. The molecule has 1 aliphatic heterocycles. The molecule has 8 heteroatoms. The predicted octanol–water partition coefficient (Wildman–Crippen LogP) is -0.255. The van der Waals surface area contributed by atoms with Crippen molar-refractivity contribution in [2.24, 2.45) is 0 Å². The molecule has 0 bridgehead atoms. The molecule has 0 unspecified atom stereocenters. The van der Waals surface area contributed by atoms with E-state index in [1.807, 2.05) is 4.90 Å². The van der Waals surface area contributed by atoms with Crippen LogP contribution in [0.1, 0.15) is 6.42 Å². The van der Waals surface area contributed by atoms with E-state index in [0.29, 0.717) is 24.6 Å². The number of nitrogens with zero attached hydrogens (tertiary/aromatic N) is 3. The fraction of sp³-hybridized carbons (Fsp3) is 0.714. The molecule has 1 saturated heterocycles. The van der Waals surface area contributed by atoms with E-state index in [2.05, 4.69) is 9.36 Å². The van der Waals surface area contributed by atoms with Crippen molar-refractivity contribution in [1.82, 2.24) is 9.36 Å². The van der Waals surface area contributed by atoms with Crippen LogP contribution in [0.25, 0.3) is 0 Å². The Hall–Kier alpha value is -0.890. The molecular formula is C7H12N4O2S2. The molecule has 0 aliphatic carbocycles. The number of nitrogen functional groups attached to an aromatic ring is 1. The second-order valence-corrected chi connectivity index (χ2v) is 6.46. The van der Waals surface area contributed by atoms with E-state index >= 15 is 0 Å². The molecule has 1 fully saturated rings. The molecule has 84 valence electrons. The van der Waals surface area contributed by atoms with Crippen LogP contribution in [0, 0.1) is 0 Å². The summed E-state index contributed by atoms with van der Waals surface area (Å²) >= 11 is 1.21. The standard InChI is InChI=1S/C7H12N4O2S2/c8-6-9-7(14-10-6)11-2-1-4-15(12,13)5-3-11/h1-5H2,(H2,8,10). The van der Waals surface area contributed by atoms with E-state index in [9.17, 15) is 8.42 Å². The van der Waals surface area contributed by atoms with Gasteiger partial charge in [0.1, 0.15) is 0 Å². The lowest BCUT2D eigenvalue weighted by Crippen LogP contribution is -2.26. The Morgan fingerprint density at radius 3 is 2.80 bits per heavy atom. The molecule has 2 heterocycles. The fourth-order valence-electron chi connectivity index (χ4n) is 1.48. The van der Waals surface area contributed by atoms with E-state index in [1.165, 1.54) is 11.5 Å². The van der Waals surface area contributed by atoms with Crippen LogP contribution in [-0.4, -0.2) is 42.4 Å². The Kier molecular flexibility index (Phi) is 2.79. The summed E-state index contributed by atoms with van der Waals surface area (Å²) in [5, 5.41) is 0.713.